The number of hydrogen-bond acceptors (Lipinski definition) is 2. The maximum atomic E-state index is 14.0. The molecule has 1 aromatic carbocycles. The molecule has 1 aromatic rings. The maximum absolute atomic E-state index is 14.0. The summed E-state index contributed by atoms with van der Waals surface area (Å²) < 4.78 is 14.0. The zero-order chi connectivity index (χ0) is 14.3. The number of nitrogens with one attached hydrogen (secondary N) is 1. The van der Waals surface area contributed by atoms with Gasteiger partial charge in [-0.2, -0.15) is 0 Å². The van der Waals surface area contributed by atoms with Crippen LogP contribution in [0.25, 0.3) is 0 Å². The van der Waals surface area contributed by atoms with Gasteiger partial charge in [-0.25, -0.2) is 4.39 Å². The van der Waals surface area contributed by atoms with Gasteiger partial charge in [0.25, 0.3) is 0 Å². The van der Waals surface area contributed by atoms with E-state index in [0.717, 1.165) is 24.0 Å². The van der Waals surface area contributed by atoms with Crippen molar-refractivity contribution in [1.82, 2.24) is 5.32 Å². The number of ketones is 1. The highest BCUT2D eigenvalue weighted by Gasteiger charge is 2.34. The molecule has 2 nitrogen and oxygen atoms in total. The summed E-state index contributed by atoms with van der Waals surface area (Å²) in [6, 6.07) is 4.51. The average Bonchev–Trinajstić information content (AvgIpc) is 2.67. The number of aryl methyl sites for hydroxylation is 2. The summed E-state index contributed by atoms with van der Waals surface area (Å²) >= 11 is 0. The average molecular weight is 275 g/mol. The lowest BCUT2D eigenvalue weighted by Crippen LogP contribution is -2.38. The molecule has 2 bridgehead atoms. The smallest absolute Gasteiger partial charge is 0.166 e. The molecule has 2 saturated heterocycles. The molecule has 0 spiro atoms. The number of benzene rings is 1. The van der Waals surface area contributed by atoms with E-state index in [1.807, 2.05) is 19.9 Å². The summed E-state index contributed by atoms with van der Waals surface area (Å²) in [7, 11) is 0. The van der Waals surface area contributed by atoms with Gasteiger partial charge in [0.15, 0.2) is 5.78 Å². The van der Waals surface area contributed by atoms with Crippen LogP contribution >= 0.6 is 0 Å². The number of rotatable bonds is 3. The first-order chi connectivity index (χ1) is 9.52. The number of halogens is 1. The molecular formula is C17H22FNO. The van der Waals surface area contributed by atoms with Crippen molar-refractivity contribution in [1.29, 1.82) is 0 Å². The van der Waals surface area contributed by atoms with Crippen molar-refractivity contribution in [3.8, 4) is 0 Å². The number of carbonyl (C=O) groups is 1. The molecule has 3 heteroatoms. The van der Waals surface area contributed by atoms with Crippen LogP contribution in [0, 0.1) is 25.6 Å². The molecular weight excluding hydrogens is 253 g/mol. The number of fused-ring (bicyclic) bond motifs is 2. The lowest BCUT2D eigenvalue weighted by atomic mass is 9.86. The second-order valence-corrected chi connectivity index (χ2v) is 6.54. The van der Waals surface area contributed by atoms with Crippen molar-refractivity contribution >= 4 is 5.78 Å². The summed E-state index contributed by atoms with van der Waals surface area (Å²) in [5.41, 5.74) is 1.95. The second-order valence-electron chi connectivity index (χ2n) is 6.54. The van der Waals surface area contributed by atoms with Crippen LogP contribution in [-0.2, 0) is 0 Å². The van der Waals surface area contributed by atoms with E-state index in [1.54, 1.807) is 0 Å². The number of carbonyl (C=O) groups excluding carboxylic acids is 1. The lowest BCUT2D eigenvalue weighted by Gasteiger charge is -2.28. The lowest BCUT2D eigenvalue weighted by molar-refractivity contribution is 0.0941. The number of hydrogen-bond donors (Lipinski definition) is 1. The molecule has 20 heavy (non-hydrogen) atoms. The van der Waals surface area contributed by atoms with E-state index < -0.39 is 0 Å². The fourth-order valence-electron chi connectivity index (χ4n) is 3.97. The second kappa shape index (κ2) is 5.28. The molecule has 0 aromatic heterocycles. The topological polar surface area (TPSA) is 29.1 Å². The molecule has 0 aliphatic carbocycles. The van der Waals surface area contributed by atoms with Gasteiger partial charge in [0.05, 0.1) is 5.56 Å². The van der Waals surface area contributed by atoms with Crippen LogP contribution in [0.4, 0.5) is 4.39 Å². The zero-order valence-corrected chi connectivity index (χ0v) is 12.2. The highest BCUT2D eigenvalue weighted by Crippen LogP contribution is 2.33. The number of Topliss-reactive ketones (excluding diaryl/α,β-unsaturated/α-hetero) is 1. The largest absolute Gasteiger partial charge is 0.311 e. The van der Waals surface area contributed by atoms with Crippen LogP contribution in [0.3, 0.4) is 0 Å². The fourth-order valence-corrected chi connectivity index (χ4v) is 3.97. The molecule has 2 aliphatic heterocycles. The van der Waals surface area contributed by atoms with Gasteiger partial charge in [0.1, 0.15) is 5.82 Å². The van der Waals surface area contributed by atoms with Gasteiger partial charge < -0.3 is 5.32 Å². The van der Waals surface area contributed by atoms with Gasteiger partial charge >= 0.3 is 0 Å². The first kappa shape index (κ1) is 13.7. The van der Waals surface area contributed by atoms with Crippen LogP contribution in [0.5, 0.6) is 0 Å². The third-order valence-corrected chi connectivity index (χ3v) is 4.76. The molecule has 0 radical (unpaired) electrons. The van der Waals surface area contributed by atoms with Crippen molar-refractivity contribution in [3.05, 3.63) is 34.6 Å². The highest BCUT2D eigenvalue weighted by molar-refractivity contribution is 5.97. The van der Waals surface area contributed by atoms with Gasteiger partial charge in [0, 0.05) is 18.5 Å². The van der Waals surface area contributed by atoms with Crippen LogP contribution in [0.15, 0.2) is 12.1 Å². The Morgan fingerprint density at radius 1 is 1.25 bits per heavy atom. The summed E-state index contributed by atoms with van der Waals surface area (Å²) in [4.78, 5) is 12.4. The normalized spacial score (nSPS) is 28.6. The maximum Gasteiger partial charge on any atom is 0.166 e. The quantitative estimate of drug-likeness (QED) is 0.855. The Morgan fingerprint density at radius 3 is 2.50 bits per heavy atom. The highest BCUT2D eigenvalue weighted by atomic mass is 19.1. The SMILES string of the molecule is Cc1cc(C)c(C(=O)CC2CC3CCC(C2)N3)c(F)c1. The van der Waals surface area contributed by atoms with E-state index in [0.29, 0.717) is 30.0 Å². The van der Waals surface area contributed by atoms with Crippen molar-refractivity contribution in [3.63, 3.8) is 0 Å². The van der Waals surface area contributed by atoms with Crippen LogP contribution in [-0.4, -0.2) is 17.9 Å². The summed E-state index contributed by atoms with van der Waals surface area (Å²) in [5, 5.41) is 3.58. The standard InChI is InChI=1S/C17H22FNO/c1-10-5-11(2)17(15(18)6-10)16(20)9-12-7-13-3-4-14(8-12)19-13/h5-6,12-14,19H,3-4,7-9H2,1-2H3. The van der Waals surface area contributed by atoms with Crippen molar-refractivity contribution in [2.45, 2.75) is 58.0 Å². The van der Waals surface area contributed by atoms with E-state index in [4.69, 9.17) is 0 Å². The molecule has 3 rings (SSSR count). The molecule has 108 valence electrons. The molecule has 2 heterocycles. The third kappa shape index (κ3) is 2.64. The Hall–Kier alpha value is -1.22. The summed E-state index contributed by atoms with van der Waals surface area (Å²) in [6.07, 6.45) is 5.08. The third-order valence-electron chi connectivity index (χ3n) is 4.76. The Balaban J connectivity index is 1.73. The first-order valence-corrected chi connectivity index (χ1v) is 7.59. The Morgan fingerprint density at radius 2 is 1.90 bits per heavy atom. The van der Waals surface area contributed by atoms with Crippen LogP contribution in [0.1, 0.15) is 53.6 Å². The Kier molecular flexibility index (Phi) is 3.63. The van der Waals surface area contributed by atoms with Crippen LogP contribution in [0.2, 0.25) is 0 Å². The Labute approximate surface area is 119 Å². The fraction of sp³-hybridized carbons (Fsp3) is 0.588. The number of piperidine rings is 1. The van der Waals surface area contributed by atoms with E-state index >= 15 is 0 Å². The van der Waals surface area contributed by atoms with Gasteiger partial charge in [-0.05, 0) is 62.6 Å². The first-order valence-electron chi connectivity index (χ1n) is 7.59. The zero-order valence-electron chi connectivity index (χ0n) is 12.2. The van der Waals surface area contributed by atoms with E-state index in [1.165, 1.54) is 18.9 Å². The van der Waals surface area contributed by atoms with Gasteiger partial charge in [-0.15, -0.1) is 0 Å². The molecule has 2 aliphatic rings. The molecule has 2 unspecified atom stereocenters. The summed E-state index contributed by atoms with van der Waals surface area (Å²) in [6.45, 7) is 3.68. The van der Waals surface area contributed by atoms with Crippen LogP contribution < -0.4 is 5.32 Å². The summed E-state index contributed by atoms with van der Waals surface area (Å²) in [5.74, 6) is 0.0389. The van der Waals surface area contributed by atoms with Crippen molar-refractivity contribution < 1.29 is 9.18 Å². The van der Waals surface area contributed by atoms with E-state index in [2.05, 4.69) is 5.32 Å². The minimum Gasteiger partial charge on any atom is -0.311 e. The van der Waals surface area contributed by atoms with Gasteiger partial charge in [-0.1, -0.05) is 6.07 Å². The molecule has 1 N–H and O–H groups in total. The molecule has 0 saturated carbocycles. The predicted octanol–water partition coefficient (Wildman–Crippen LogP) is 3.55. The van der Waals surface area contributed by atoms with E-state index in [9.17, 15) is 9.18 Å². The Bertz CT molecular complexity index is 505. The van der Waals surface area contributed by atoms with Gasteiger partial charge in [0.2, 0.25) is 0 Å². The molecule has 2 atom stereocenters. The minimum absolute atomic E-state index is 0.0219. The van der Waals surface area contributed by atoms with Crippen molar-refractivity contribution in [2.24, 2.45) is 5.92 Å². The molecule has 0 amide bonds. The molecule has 2 fully saturated rings. The van der Waals surface area contributed by atoms with Gasteiger partial charge in [-0.3, -0.25) is 4.79 Å². The minimum atomic E-state index is -0.357. The van der Waals surface area contributed by atoms with Crippen molar-refractivity contribution in [2.75, 3.05) is 0 Å². The van der Waals surface area contributed by atoms with E-state index in [-0.39, 0.29) is 11.6 Å². The predicted molar refractivity (Wildman–Crippen MR) is 77.5 cm³/mol. The monoisotopic (exact) mass is 275 g/mol.